The van der Waals surface area contributed by atoms with Gasteiger partial charge in [0.1, 0.15) is 5.78 Å². The van der Waals surface area contributed by atoms with Crippen LogP contribution in [0.1, 0.15) is 25.8 Å². The highest BCUT2D eigenvalue weighted by Gasteiger charge is 1.96. The normalized spacial score (nSPS) is 10.1. The molecule has 1 nitrogen and oxygen atoms in total. The Bertz CT molecular complexity index is 290. The molecule has 76 valence electrons. The van der Waals surface area contributed by atoms with Crippen LogP contribution in [0.15, 0.2) is 29.2 Å². The maximum atomic E-state index is 10.7. The first-order chi connectivity index (χ1) is 6.72. The third kappa shape index (κ3) is 3.97. The largest absolute Gasteiger partial charge is 0.300 e. The summed E-state index contributed by atoms with van der Waals surface area (Å²) in [5.41, 5.74) is 1.36. The van der Waals surface area contributed by atoms with Crippen LogP contribution >= 0.6 is 11.8 Å². The molecule has 14 heavy (non-hydrogen) atoms. The van der Waals surface area contributed by atoms with E-state index in [9.17, 15) is 4.79 Å². The summed E-state index contributed by atoms with van der Waals surface area (Å²) in [7, 11) is 0. The van der Waals surface area contributed by atoms with E-state index in [2.05, 4.69) is 31.2 Å². The Hall–Kier alpha value is -0.760. The minimum absolute atomic E-state index is 0.266. The Kier molecular flexibility index (Phi) is 4.74. The second-order valence-electron chi connectivity index (χ2n) is 3.30. The van der Waals surface area contributed by atoms with Crippen molar-refractivity contribution in [2.75, 3.05) is 5.75 Å². The molecule has 1 aromatic rings. The first-order valence-electron chi connectivity index (χ1n) is 4.93. The highest BCUT2D eigenvalue weighted by atomic mass is 32.2. The summed E-state index contributed by atoms with van der Waals surface area (Å²) >= 11 is 1.75. The van der Waals surface area contributed by atoms with Crippen molar-refractivity contribution >= 4 is 17.5 Å². The number of carbonyl (C=O) groups excluding carboxylic acids is 1. The molecule has 0 N–H and O–H groups in total. The van der Waals surface area contributed by atoms with E-state index in [0.717, 1.165) is 12.2 Å². The molecule has 0 spiro atoms. The van der Waals surface area contributed by atoms with Gasteiger partial charge in [-0.05, 0) is 31.0 Å². The number of aryl methyl sites for hydroxylation is 1. The molecule has 1 rings (SSSR count). The lowest BCUT2D eigenvalue weighted by atomic mass is 10.2. The number of Topliss-reactive ketones (excluding diaryl/α,β-unsaturated/α-hetero) is 1. The lowest BCUT2D eigenvalue weighted by molar-refractivity contribution is -0.116. The number of ketones is 1. The Morgan fingerprint density at radius 2 is 1.93 bits per heavy atom. The fourth-order valence-corrected chi connectivity index (χ4v) is 2.09. The quantitative estimate of drug-likeness (QED) is 0.690. The second-order valence-corrected chi connectivity index (χ2v) is 4.47. The fourth-order valence-electron chi connectivity index (χ4n) is 1.13. The van der Waals surface area contributed by atoms with Gasteiger partial charge in [0.2, 0.25) is 0 Å². The number of thioether (sulfide) groups is 1. The zero-order valence-corrected chi connectivity index (χ0v) is 9.56. The molecule has 0 radical (unpaired) electrons. The van der Waals surface area contributed by atoms with Crippen LogP contribution in [-0.2, 0) is 11.2 Å². The Labute approximate surface area is 89.9 Å². The first kappa shape index (κ1) is 11.3. The second kappa shape index (κ2) is 5.86. The summed E-state index contributed by atoms with van der Waals surface area (Å²) in [4.78, 5) is 12.0. The van der Waals surface area contributed by atoms with Crippen molar-refractivity contribution in [3.63, 3.8) is 0 Å². The van der Waals surface area contributed by atoms with Crippen molar-refractivity contribution in [1.82, 2.24) is 0 Å². The highest BCUT2D eigenvalue weighted by molar-refractivity contribution is 7.99. The summed E-state index contributed by atoms with van der Waals surface area (Å²) in [5, 5.41) is 0. The molecule has 0 aliphatic carbocycles. The van der Waals surface area contributed by atoms with Gasteiger partial charge in [-0.15, -0.1) is 11.8 Å². The van der Waals surface area contributed by atoms with Gasteiger partial charge in [-0.1, -0.05) is 19.1 Å². The molecule has 0 aliphatic rings. The van der Waals surface area contributed by atoms with Crippen LogP contribution in [0.25, 0.3) is 0 Å². The van der Waals surface area contributed by atoms with E-state index >= 15 is 0 Å². The van der Waals surface area contributed by atoms with Crippen LogP contribution in [0, 0.1) is 0 Å². The van der Waals surface area contributed by atoms with Crippen molar-refractivity contribution in [3.05, 3.63) is 29.8 Å². The maximum absolute atomic E-state index is 10.7. The van der Waals surface area contributed by atoms with Crippen LogP contribution in [0.3, 0.4) is 0 Å². The minimum atomic E-state index is 0.266. The number of hydrogen-bond donors (Lipinski definition) is 0. The van der Waals surface area contributed by atoms with Crippen molar-refractivity contribution in [2.45, 2.75) is 31.6 Å². The monoisotopic (exact) mass is 208 g/mol. The van der Waals surface area contributed by atoms with Crippen molar-refractivity contribution in [3.8, 4) is 0 Å². The molecule has 2 heteroatoms. The van der Waals surface area contributed by atoms with Gasteiger partial charge < -0.3 is 0 Å². The predicted molar refractivity (Wildman–Crippen MR) is 61.8 cm³/mol. The standard InChI is InChI=1S/C12H16OS/c1-3-11-4-6-12(7-5-11)14-9-8-10(2)13/h4-7H,3,8-9H2,1-2H3. The molecule has 0 aliphatic heterocycles. The minimum Gasteiger partial charge on any atom is -0.300 e. The summed E-state index contributed by atoms with van der Waals surface area (Å²) < 4.78 is 0. The van der Waals surface area contributed by atoms with Crippen LogP contribution in [0.5, 0.6) is 0 Å². The third-order valence-corrected chi connectivity index (χ3v) is 3.07. The smallest absolute Gasteiger partial charge is 0.130 e. The van der Waals surface area contributed by atoms with E-state index in [1.807, 2.05) is 0 Å². The zero-order chi connectivity index (χ0) is 10.4. The molecule has 0 atom stereocenters. The van der Waals surface area contributed by atoms with Crippen molar-refractivity contribution in [2.24, 2.45) is 0 Å². The lowest BCUT2D eigenvalue weighted by Crippen LogP contribution is -1.91. The lowest BCUT2D eigenvalue weighted by Gasteiger charge is -2.01. The molecule has 0 saturated heterocycles. The van der Waals surface area contributed by atoms with Gasteiger partial charge in [-0.2, -0.15) is 0 Å². The number of benzene rings is 1. The Morgan fingerprint density at radius 1 is 1.29 bits per heavy atom. The predicted octanol–water partition coefficient (Wildman–Crippen LogP) is 3.32. The van der Waals surface area contributed by atoms with Gasteiger partial charge in [-0.3, -0.25) is 4.79 Å². The summed E-state index contributed by atoms with van der Waals surface area (Å²) in [6, 6.07) is 8.56. The van der Waals surface area contributed by atoms with Crippen LogP contribution < -0.4 is 0 Å². The van der Waals surface area contributed by atoms with Gasteiger partial charge in [0.25, 0.3) is 0 Å². The van der Waals surface area contributed by atoms with Crippen LogP contribution in [0.4, 0.5) is 0 Å². The summed E-state index contributed by atoms with van der Waals surface area (Å²) in [6.45, 7) is 3.79. The SMILES string of the molecule is CCc1ccc(SCCC(C)=O)cc1. The number of rotatable bonds is 5. The highest BCUT2D eigenvalue weighted by Crippen LogP contribution is 2.19. The molecular formula is C12H16OS. The van der Waals surface area contributed by atoms with Gasteiger partial charge in [-0.25, -0.2) is 0 Å². The van der Waals surface area contributed by atoms with Crippen LogP contribution in [-0.4, -0.2) is 11.5 Å². The Balaban J connectivity index is 2.40. The molecule has 0 heterocycles. The molecule has 0 aromatic heterocycles. The molecule has 1 aromatic carbocycles. The molecule has 0 bridgehead atoms. The van der Waals surface area contributed by atoms with Gasteiger partial charge in [0.15, 0.2) is 0 Å². The molecule has 0 amide bonds. The molecule has 0 unspecified atom stereocenters. The van der Waals surface area contributed by atoms with E-state index in [-0.39, 0.29) is 5.78 Å². The average molecular weight is 208 g/mol. The number of hydrogen-bond acceptors (Lipinski definition) is 2. The van der Waals surface area contributed by atoms with Crippen molar-refractivity contribution < 1.29 is 4.79 Å². The third-order valence-electron chi connectivity index (χ3n) is 2.05. The van der Waals surface area contributed by atoms with Gasteiger partial charge >= 0.3 is 0 Å². The van der Waals surface area contributed by atoms with Gasteiger partial charge in [0, 0.05) is 17.1 Å². The molecule has 0 fully saturated rings. The summed E-state index contributed by atoms with van der Waals surface area (Å²) in [6.07, 6.45) is 1.75. The molecular weight excluding hydrogens is 192 g/mol. The van der Waals surface area contributed by atoms with E-state index in [1.54, 1.807) is 18.7 Å². The van der Waals surface area contributed by atoms with E-state index < -0.39 is 0 Å². The van der Waals surface area contributed by atoms with Crippen molar-refractivity contribution in [1.29, 1.82) is 0 Å². The van der Waals surface area contributed by atoms with Gasteiger partial charge in [0.05, 0.1) is 0 Å². The molecule has 0 saturated carbocycles. The van der Waals surface area contributed by atoms with E-state index in [1.165, 1.54) is 10.5 Å². The number of carbonyl (C=O) groups is 1. The van der Waals surface area contributed by atoms with E-state index in [4.69, 9.17) is 0 Å². The zero-order valence-electron chi connectivity index (χ0n) is 8.75. The fraction of sp³-hybridized carbons (Fsp3) is 0.417. The van der Waals surface area contributed by atoms with E-state index in [0.29, 0.717) is 6.42 Å². The topological polar surface area (TPSA) is 17.1 Å². The summed E-state index contributed by atoms with van der Waals surface area (Å²) in [5.74, 6) is 1.16. The average Bonchev–Trinajstić information content (AvgIpc) is 2.18. The van der Waals surface area contributed by atoms with Crippen LogP contribution in [0.2, 0.25) is 0 Å². The maximum Gasteiger partial charge on any atom is 0.130 e. The first-order valence-corrected chi connectivity index (χ1v) is 5.92. The Morgan fingerprint density at radius 3 is 2.43 bits per heavy atom.